The molecule has 3 N–H and O–H groups in total. The molecule has 0 aliphatic carbocycles. The largest absolute Gasteiger partial charge is 0.497 e. The third-order valence-corrected chi connectivity index (χ3v) is 3.27. The van der Waals surface area contributed by atoms with Crippen molar-refractivity contribution >= 4 is 0 Å². The van der Waals surface area contributed by atoms with E-state index in [1.54, 1.807) is 14.2 Å². The second kappa shape index (κ2) is 7.24. The highest BCUT2D eigenvalue weighted by Gasteiger charge is 2.21. The molecule has 102 valence electrons. The number of hydrogen-bond acceptors (Lipinski definition) is 4. The molecule has 0 spiro atoms. The molecular formula is C14H24N2O2. The van der Waals surface area contributed by atoms with E-state index in [2.05, 4.69) is 19.3 Å². The summed E-state index contributed by atoms with van der Waals surface area (Å²) in [6, 6.07) is 5.92. The van der Waals surface area contributed by atoms with E-state index in [1.165, 1.54) is 0 Å². The van der Waals surface area contributed by atoms with Gasteiger partial charge in [0, 0.05) is 11.6 Å². The number of rotatable bonds is 7. The second-order valence-corrected chi connectivity index (χ2v) is 4.52. The molecule has 18 heavy (non-hydrogen) atoms. The molecular weight excluding hydrogens is 228 g/mol. The molecule has 1 aromatic carbocycles. The monoisotopic (exact) mass is 252 g/mol. The summed E-state index contributed by atoms with van der Waals surface area (Å²) in [5.74, 6) is 7.73. The molecule has 0 saturated carbocycles. The topological polar surface area (TPSA) is 56.5 Å². The van der Waals surface area contributed by atoms with Gasteiger partial charge < -0.3 is 9.47 Å². The number of nitrogens with two attached hydrogens (primary N) is 1. The van der Waals surface area contributed by atoms with Gasteiger partial charge in [0.1, 0.15) is 11.5 Å². The van der Waals surface area contributed by atoms with Crippen molar-refractivity contribution < 1.29 is 9.47 Å². The average Bonchev–Trinajstić information content (AvgIpc) is 2.40. The number of hydrazine groups is 1. The Kier molecular flexibility index (Phi) is 5.95. The lowest BCUT2D eigenvalue weighted by Gasteiger charge is -2.25. The Labute approximate surface area is 109 Å². The fourth-order valence-electron chi connectivity index (χ4n) is 2.26. The highest BCUT2D eigenvalue weighted by atomic mass is 16.5. The van der Waals surface area contributed by atoms with E-state index in [9.17, 15) is 0 Å². The molecule has 1 rings (SSSR count). The lowest BCUT2D eigenvalue weighted by Crippen LogP contribution is -2.32. The molecule has 0 heterocycles. The highest BCUT2D eigenvalue weighted by molar-refractivity contribution is 5.42. The summed E-state index contributed by atoms with van der Waals surface area (Å²) in [5, 5.41) is 0. The minimum atomic E-state index is 0.0887. The lowest BCUT2D eigenvalue weighted by atomic mass is 9.91. The van der Waals surface area contributed by atoms with Crippen molar-refractivity contribution in [2.24, 2.45) is 11.8 Å². The van der Waals surface area contributed by atoms with Gasteiger partial charge in [0.05, 0.1) is 20.3 Å². The van der Waals surface area contributed by atoms with Gasteiger partial charge in [-0.3, -0.25) is 11.3 Å². The van der Waals surface area contributed by atoms with Crippen molar-refractivity contribution in [3.05, 3.63) is 23.8 Å². The van der Waals surface area contributed by atoms with E-state index < -0.39 is 0 Å². The maximum Gasteiger partial charge on any atom is 0.127 e. The minimum absolute atomic E-state index is 0.0887. The molecule has 0 aliphatic rings. The van der Waals surface area contributed by atoms with Crippen molar-refractivity contribution in [3.8, 4) is 11.5 Å². The fraction of sp³-hybridized carbons (Fsp3) is 0.571. The predicted octanol–water partition coefficient (Wildman–Crippen LogP) is 2.64. The smallest absolute Gasteiger partial charge is 0.127 e. The van der Waals surface area contributed by atoms with Crippen LogP contribution in [0.5, 0.6) is 11.5 Å². The Morgan fingerprint density at radius 1 is 1.28 bits per heavy atom. The van der Waals surface area contributed by atoms with Crippen LogP contribution in [0.15, 0.2) is 18.2 Å². The molecule has 4 nitrogen and oxygen atoms in total. The first-order valence-electron chi connectivity index (χ1n) is 6.35. The number of methoxy groups -OCH3 is 2. The maximum atomic E-state index is 5.69. The molecule has 0 aliphatic heterocycles. The minimum Gasteiger partial charge on any atom is -0.497 e. The quantitative estimate of drug-likeness (QED) is 0.578. The zero-order valence-corrected chi connectivity index (χ0v) is 11.7. The summed E-state index contributed by atoms with van der Waals surface area (Å²) in [5.41, 5.74) is 3.97. The van der Waals surface area contributed by atoms with Crippen LogP contribution in [-0.4, -0.2) is 14.2 Å². The van der Waals surface area contributed by atoms with Crippen LogP contribution in [0.4, 0.5) is 0 Å². The Hall–Kier alpha value is -1.26. The van der Waals surface area contributed by atoms with Crippen LogP contribution in [0.2, 0.25) is 0 Å². The SMILES string of the molecule is CCCC(C)C(NN)c1ccc(OC)cc1OC. The number of benzene rings is 1. The molecule has 2 unspecified atom stereocenters. The van der Waals surface area contributed by atoms with Crippen LogP contribution in [0.3, 0.4) is 0 Å². The van der Waals surface area contributed by atoms with E-state index in [-0.39, 0.29) is 6.04 Å². The predicted molar refractivity (Wildman–Crippen MR) is 73.7 cm³/mol. The van der Waals surface area contributed by atoms with E-state index in [1.807, 2.05) is 18.2 Å². The van der Waals surface area contributed by atoms with Crippen LogP contribution < -0.4 is 20.7 Å². The lowest BCUT2D eigenvalue weighted by molar-refractivity contribution is 0.342. The summed E-state index contributed by atoms with van der Waals surface area (Å²) in [7, 11) is 3.31. The van der Waals surface area contributed by atoms with E-state index in [4.69, 9.17) is 15.3 Å². The van der Waals surface area contributed by atoms with Crippen LogP contribution >= 0.6 is 0 Å². The average molecular weight is 252 g/mol. The summed E-state index contributed by atoms with van der Waals surface area (Å²) in [4.78, 5) is 0. The van der Waals surface area contributed by atoms with Gasteiger partial charge in [-0.1, -0.05) is 26.3 Å². The second-order valence-electron chi connectivity index (χ2n) is 4.52. The van der Waals surface area contributed by atoms with Crippen LogP contribution in [0, 0.1) is 5.92 Å². The Morgan fingerprint density at radius 3 is 2.50 bits per heavy atom. The molecule has 2 atom stereocenters. The summed E-state index contributed by atoms with van der Waals surface area (Å²) in [6.07, 6.45) is 2.25. The van der Waals surface area contributed by atoms with Crippen LogP contribution in [-0.2, 0) is 0 Å². The van der Waals surface area contributed by atoms with E-state index in [0.29, 0.717) is 5.92 Å². The molecule has 4 heteroatoms. The molecule has 0 aromatic heterocycles. The molecule has 0 saturated heterocycles. The first kappa shape index (κ1) is 14.8. The zero-order chi connectivity index (χ0) is 13.5. The van der Waals surface area contributed by atoms with Gasteiger partial charge in [-0.25, -0.2) is 0 Å². The van der Waals surface area contributed by atoms with E-state index in [0.717, 1.165) is 29.9 Å². The fourth-order valence-corrected chi connectivity index (χ4v) is 2.26. The number of hydrogen-bond donors (Lipinski definition) is 2. The van der Waals surface area contributed by atoms with Gasteiger partial charge in [-0.15, -0.1) is 0 Å². The van der Waals surface area contributed by atoms with Crippen molar-refractivity contribution in [1.29, 1.82) is 0 Å². The van der Waals surface area contributed by atoms with Gasteiger partial charge >= 0.3 is 0 Å². The van der Waals surface area contributed by atoms with Crippen molar-refractivity contribution in [2.75, 3.05) is 14.2 Å². The van der Waals surface area contributed by atoms with Crippen molar-refractivity contribution in [2.45, 2.75) is 32.7 Å². The molecule has 0 radical (unpaired) electrons. The first-order chi connectivity index (χ1) is 8.67. The third kappa shape index (κ3) is 3.37. The Morgan fingerprint density at radius 2 is 2.00 bits per heavy atom. The molecule has 0 amide bonds. The Balaban J connectivity index is 3.04. The Bertz CT molecular complexity index is 369. The standard InChI is InChI=1S/C14H24N2O2/c1-5-6-10(2)14(16-15)12-8-7-11(17-3)9-13(12)18-4/h7-10,14,16H,5-6,15H2,1-4H3. The van der Waals surface area contributed by atoms with Crippen molar-refractivity contribution in [1.82, 2.24) is 5.43 Å². The molecule has 0 bridgehead atoms. The van der Waals surface area contributed by atoms with Gasteiger partial charge in [0.2, 0.25) is 0 Å². The summed E-state index contributed by atoms with van der Waals surface area (Å²) in [6.45, 7) is 4.37. The molecule has 1 aromatic rings. The third-order valence-electron chi connectivity index (χ3n) is 3.27. The maximum absolute atomic E-state index is 5.69. The van der Waals surface area contributed by atoms with Crippen molar-refractivity contribution in [3.63, 3.8) is 0 Å². The van der Waals surface area contributed by atoms with Gasteiger partial charge in [-0.05, 0) is 18.4 Å². The first-order valence-corrected chi connectivity index (χ1v) is 6.35. The number of ether oxygens (including phenoxy) is 2. The van der Waals surface area contributed by atoms with Gasteiger partial charge in [0.15, 0.2) is 0 Å². The van der Waals surface area contributed by atoms with E-state index >= 15 is 0 Å². The van der Waals surface area contributed by atoms with Gasteiger partial charge in [-0.2, -0.15) is 0 Å². The normalized spacial score (nSPS) is 14.1. The number of nitrogens with one attached hydrogen (secondary N) is 1. The zero-order valence-electron chi connectivity index (χ0n) is 11.7. The summed E-state index contributed by atoms with van der Waals surface area (Å²) < 4.78 is 10.6. The highest BCUT2D eigenvalue weighted by Crippen LogP contribution is 2.34. The van der Waals surface area contributed by atoms with Crippen LogP contribution in [0.1, 0.15) is 38.3 Å². The summed E-state index contributed by atoms with van der Waals surface area (Å²) >= 11 is 0. The van der Waals surface area contributed by atoms with Gasteiger partial charge in [0.25, 0.3) is 0 Å². The molecule has 0 fully saturated rings. The van der Waals surface area contributed by atoms with Crippen LogP contribution in [0.25, 0.3) is 0 Å².